The van der Waals surface area contributed by atoms with Gasteiger partial charge in [0.1, 0.15) is 0 Å². The van der Waals surface area contributed by atoms with Crippen molar-refractivity contribution in [2.24, 2.45) is 23.2 Å². The van der Waals surface area contributed by atoms with E-state index in [0.717, 1.165) is 30.8 Å². The summed E-state index contributed by atoms with van der Waals surface area (Å²) in [6, 6.07) is 15.3. The molecule has 0 radical (unpaired) electrons. The number of halogens is 2. The third-order valence-corrected chi connectivity index (χ3v) is 9.55. The first-order valence-corrected chi connectivity index (χ1v) is 13.0. The van der Waals surface area contributed by atoms with Gasteiger partial charge in [-0.05, 0) is 97.9 Å². The van der Waals surface area contributed by atoms with E-state index in [1.807, 2.05) is 12.1 Å². The monoisotopic (exact) mass is 466 g/mol. The van der Waals surface area contributed by atoms with Crippen molar-refractivity contribution in [3.63, 3.8) is 0 Å². The summed E-state index contributed by atoms with van der Waals surface area (Å²) < 4.78 is 2.35. The molecule has 1 aromatic heterocycles. The molecule has 4 heteroatoms. The third-order valence-electron chi connectivity index (χ3n) is 8.81. The molecular weight excluding hydrogens is 435 g/mol. The van der Waals surface area contributed by atoms with Crippen molar-refractivity contribution in [3.8, 4) is 0 Å². The van der Waals surface area contributed by atoms with E-state index in [9.17, 15) is 0 Å². The number of nitrogens with one attached hydrogen (secondary N) is 1. The van der Waals surface area contributed by atoms with E-state index in [2.05, 4.69) is 53.3 Å². The van der Waals surface area contributed by atoms with Crippen LogP contribution in [0.25, 0.3) is 10.9 Å². The van der Waals surface area contributed by atoms with E-state index in [1.165, 1.54) is 60.6 Å². The number of hydrogen-bond donors (Lipinski definition) is 1. The van der Waals surface area contributed by atoms with E-state index in [4.69, 9.17) is 23.2 Å². The Bertz CT molecular complexity index is 1110. The zero-order chi connectivity index (χ0) is 21.9. The zero-order valence-corrected chi connectivity index (χ0v) is 20.3. The first-order valence-electron chi connectivity index (χ1n) is 12.2. The Morgan fingerprint density at radius 2 is 1.66 bits per heavy atom. The number of aromatic nitrogens is 1. The Balaban J connectivity index is 1.22. The van der Waals surface area contributed by atoms with Crippen molar-refractivity contribution < 1.29 is 0 Å². The van der Waals surface area contributed by atoms with Crippen molar-refractivity contribution in [2.75, 3.05) is 0 Å². The number of rotatable bonds is 6. The Morgan fingerprint density at radius 3 is 2.34 bits per heavy atom. The minimum Gasteiger partial charge on any atom is -0.343 e. The van der Waals surface area contributed by atoms with Crippen molar-refractivity contribution >= 4 is 34.1 Å². The SMILES string of the molecule is C[C@@H](NCc1cn(Cc2ccc(Cl)c(Cl)c2)c2ccccc12)C12CC3CC(CC(C3)C1)C2. The van der Waals surface area contributed by atoms with Crippen LogP contribution in [-0.2, 0) is 13.1 Å². The van der Waals surface area contributed by atoms with E-state index in [1.54, 1.807) is 0 Å². The first-order chi connectivity index (χ1) is 15.5. The highest BCUT2D eigenvalue weighted by molar-refractivity contribution is 6.42. The highest BCUT2D eigenvalue weighted by Gasteiger charge is 2.52. The predicted molar refractivity (Wildman–Crippen MR) is 134 cm³/mol. The molecule has 0 spiro atoms. The van der Waals surface area contributed by atoms with Gasteiger partial charge >= 0.3 is 0 Å². The molecule has 0 unspecified atom stereocenters. The van der Waals surface area contributed by atoms with Gasteiger partial charge in [0.15, 0.2) is 0 Å². The van der Waals surface area contributed by atoms with Crippen molar-refractivity contribution in [1.29, 1.82) is 0 Å². The van der Waals surface area contributed by atoms with Gasteiger partial charge in [-0.15, -0.1) is 0 Å². The Labute approximate surface area is 201 Å². The lowest BCUT2D eigenvalue weighted by Gasteiger charge is -2.59. The van der Waals surface area contributed by atoms with Crippen LogP contribution in [0, 0.1) is 23.2 Å². The molecule has 2 nitrogen and oxygen atoms in total. The summed E-state index contributed by atoms with van der Waals surface area (Å²) in [7, 11) is 0. The molecule has 0 aliphatic heterocycles. The van der Waals surface area contributed by atoms with Gasteiger partial charge < -0.3 is 9.88 Å². The van der Waals surface area contributed by atoms with E-state index in [0.29, 0.717) is 21.5 Å². The second-order valence-corrected chi connectivity index (χ2v) is 11.7. The van der Waals surface area contributed by atoms with Gasteiger partial charge in [-0.3, -0.25) is 0 Å². The summed E-state index contributed by atoms with van der Waals surface area (Å²) in [6.07, 6.45) is 11.2. The average molecular weight is 467 g/mol. The van der Waals surface area contributed by atoms with Crippen LogP contribution in [0.3, 0.4) is 0 Å². The highest BCUT2D eigenvalue weighted by atomic mass is 35.5. The Hall–Kier alpha value is -1.48. The molecule has 0 amide bonds. The number of benzene rings is 2. The first kappa shape index (κ1) is 21.1. The van der Waals surface area contributed by atoms with Gasteiger partial charge in [-0.2, -0.15) is 0 Å². The van der Waals surface area contributed by atoms with Crippen molar-refractivity contribution in [2.45, 2.75) is 64.6 Å². The van der Waals surface area contributed by atoms with Crippen LogP contribution in [-0.4, -0.2) is 10.6 Å². The van der Waals surface area contributed by atoms with Gasteiger partial charge in [0.25, 0.3) is 0 Å². The third kappa shape index (κ3) is 3.69. The minimum absolute atomic E-state index is 0.535. The van der Waals surface area contributed by atoms with Crippen molar-refractivity contribution in [3.05, 3.63) is 69.8 Å². The summed E-state index contributed by atoms with van der Waals surface area (Å²) in [5, 5.41) is 6.56. The molecule has 4 fully saturated rings. The standard InChI is InChI=1S/C28H32Cl2N2/c1-18(28-12-20-8-21(13-28)10-22(9-20)14-28)31-15-23-17-32(27-5-3-2-4-24(23)27)16-19-6-7-25(29)26(30)11-19/h2-7,11,17-18,20-22,31H,8-10,12-16H2,1H3/t18-,20?,21?,22?,28?/m1/s1. The lowest BCUT2D eigenvalue weighted by molar-refractivity contribution is -0.0706. The highest BCUT2D eigenvalue weighted by Crippen LogP contribution is 2.61. The van der Waals surface area contributed by atoms with E-state index in [-0.39, 0.29) is 0 Å². The van der Waals surface area contributed by atoms with Crippen molar-refractivity contribution in [1.82, 2.24) is 9.88 Å². The van der Waals surface area contributed by atoms with Crippen LogP contribution in [0.15, 0.2) is 48.7 Å². The molecule has 3 aromatic rings. The molecule has 7 rings (SSSR count). The molecule has 1 N–H and O–H groups in total. The minimum atomic E-state index is 0.535. The molecule has 32 heavy (non-hydrogen) atoms. The fraction of sp³-hybridized carbons (Fsp3) is 0.500. The summed E-state index contributed by atoms with van der Waals surface area (Å²) in [5.41, 5.74) is 4.37. The Morgan fingerprint density at radius 1 is 0.969 bits per heavy atom. The molecule has 4 aliphatic rings. The average Bonchev–Trinajstić information content (AvgIpc) is 3.11. The van der Waals surface area contributed by atoms with Gasteiger partial charge in [-0.25, -0.2) is 0 Å². The second kappa shape index (κ2) is 8.08. The quantitative estimate of drug-likeness (QED) is 0.393. The molecule has 4 aliphatic carbocycles. The lowest BCUT2D eigenvalue weighted by atomic mass is 9.48. The molecule has 4 saturated carbocycles. The largest absolute Gasteiger partial charge is 0.343 e. The smallest absolute Gasteiger partial charge is 0.0595 e. The number of nitrogens with zero attached hydrogens (tertiary/aromatic N) is 1. The molecule has 4 bridgehead atoms. The van der Waals surface area contributed by atoms with Gasteiger partial charge in [0.2, 0.25) is 0 Å². The van der Waals surface area contributed by atoms with E-state index < -0.39 is 0 Å². The van der Waals surface area contributed by atoms with Crippen LogP contribution in [0.1, 0.15) is 56.6 Å². The second-order valence-electron chi connectivity index (χ2n) is 10.9. The fourth-order valence-electron chi connectivity index (χ4n) is 7.62. The molecule has 2 aromatic carbocycles. The molecule has 1 atom stereocenters. The van der Waals surface area contributed by atoms with Crippen LogP contribution in [0.4, 0.5) is 0 Å². The topological polar surface area (TPSA) is 17.0 Å². The Kier molecular flexibility index (Phi) is 5.32. The van der Waals surface area contributed by atoms with E-state index >= 15 is 0 Å². The van der Waals surface area contributed by atoms with Crippen LogP contribution >= 0.6 is 23.2 Å². The zero-order valence-electron chi connectivity index (χ0n) is 18.8. The maximum absolute atomic E-state index is 6.27. The lowest BCUT2D eigenvalue weighted by Crippen LogP contribution is -2.54. The van der Waals surface area contributed by atoms with Gasteiger partial charge in [0.05, 0.1) is 10.0 Å². The fourth-order valence-corrected chi connectivity index (χ4v) is 7.94. The molecular formula is C28H32Cl2N2. The molecule has 0 saturated heterocycles. The maximum atomic E-state index is 6.27. The summed E-state index contributed by atoms with van der Waals surface area (Å²) in [5.74, 6) is 3.00. The molecule has 168 valence electrons. The van der Waals surface area contributed by atoms with Gasteiger partial charge in [0, 0.05) is 36.2 Å². The maximum Gasteiger partial charge on any atom is 0.0595 e. The summed E-state index contributed by atoms with van der Waals surface area (Å²) in [4.78, 5) is 0. The number of para-hydroxylation sites is 1. The van der Waals surface area contributed by atoms with Crippen LogP contribution in [0.2, 0.25) is 10.0 Å². The van der Waals surface area contributed by atoms with Crippen LogP contribution < -0.4 is 5.32 Å². The van der Waals surface area contributed by atoms with Crippen LogP contribution in [0.5, 0.6) is 0 Å². The van der Waals surface area contributed by atoms with Gasteiger partial charge in [-0.1, -0.05) is 47.5 Å². The number of hydrogen-bond acceptors (Lipinski definition) is 1. The predicted octanol–water partition coefficient (Wildman–Crippen LogP) is 7.69. The normalized spacial score (nSPS) is 29.7. The summed E-state index contributed by atoms with van der Waals surface area (Å²) >= 11 is 12.4. The summed E-state index contributed by atoms with van der Waals surface area (Å²) in [6.45, 7) is 4.18. The molecule has 1 heterocycles. The number of fused-ring (bicyclic) bond motifs is 1.